The van der Waals surface area contributed by atoms with E-state index in [1.165, 1.54) is 19.5 Å². The van der Waals surface area contributed by atoms with Crippen molar-refractivity contribution >= 4 is 0 Å². The molecule has 16 heavy (non-hydrogen) atoms. The van der Waals surface area contributed by atoms with Crippen molar-refractivity contribution in [1.82, 2.24) is 4.90 Å². The number of nitrogens with zero attached hydrogens (tertiary/aromatic N) is 1. The topological polar surface area (TPSA) is 32.7 Å². The van der Waals surface area contributed by atoms with Gasteiger partial charge in [-0.3, -0.25) is 0 Å². The number of hydrogen-bond donors (Lipinski definition) is 1. The molecule has 0 aromatic heterocycles. The molecule has 0 aromatic carbocycles. The zero-order valence-electron chi connectivity index (χ0n) is 10.6. The summed E-state index contributed by atoms with van der Waals surface area (Å²) in [4.78, 5) is 2.52. The maximum absolute atomic E-state index is 9.56. The Morgan fingerprint density at radius 1 is 1.38 bits per heavy atom. The molecule has 0 bridgehead atoms. The van der Waals surface area contributed by atoms with Crippen LogP contribution in [-0.4, -0.2) is 49.5 Å². The highest BCUT2D eigenvalue weighted by Gasteiger charge is 2.37. The Bertz CT molecular complexity index is 226. The van der Waals surface area contributed by atoms with Gasteiger partial charge in [0.2, 0.25) is 0 Å². The number of rotatable bonds is 3. The summed E-state index contributed by atoms with van der Waals surface area (Å²) in [6.07, 6.45) is 2.31. The SMILES string of the molecule is CC1CCN(CC2(CO)CCOC2)CC1C. The Balaban J connectivity index is 1.89. The molecule has 3 nitrogen and oxygen atoms in total. The van der Waals surface area contributed by atoms with E-state index in [-0.39, 0.29) is 12.0 Å². The Morgan fingerprint density at radius 2 is 2.19 bits per heavy atom. The van der Waals surface area contributed by atoms with Gasteiger partial charge in [-0.2, -0.15) is 0 Å². The Morgan fingerprint density at radius 3 is 2.75 bits per heavy atom. The summed E-state index contributed by atoms with van der Waals surface area (Å²) in [7, 11) is 0. The molecule has 0 spiro atoms. The van der Waals surface area contributed by atoms with Crippen molar-refractivity contribution in [3.05, 3.63) is 0 Å². The average Bonchev–Trinajstić information content (AvgIpc) is 2.73. The van der Waals surface area contributed by atoms with Gasteiger partial charge in [0.05, 0.1) is 13.2 Å². The van der Waals surface area contributed by atoms with Gasteiger partial charge in [-0.05, 0) is 31.2 Å². The van der Waals surface area contributed by atoms with Crippen LogP contribution in [0.2, 0.25) is 0 Å². The minimum absolute atomic E-state index is 0.0281. The van der Waals surface area contributed by atoms with Gasteiger partial charge >= 0.3 is 0 Å². The molecule has 2 aliphatic rings. The lowest BCUT2D eigenvalue weighted by molar-refractivity contribution is 0.0337. The fraction of sp³-hybridized carbons (Fsp3) is 1.00. The normalized spacial score (nSPS) is 41.4. The molecule has 0 saturated carbocycles. The molecule has 2 rings (SSSR count). The third-order valence-electron chi connectivity index (χ3n) is 4.50. The van der Waals surface area contributed by atoms with Gasteiger partial charge in [-0.15, -0.1) is 0 Å². The zero-order chi connectivity index (χ0) is 11.6. The summed E-state index contributed by atoms with van der Waals surface area (Å²) in [5.74, 6) is 1.63. The van der Waals surface area contributed by atoms with Crippen LogP contribution in [-0.2, 0) is 4.74 Å². The quantitative estimate of drug-likeness (QED) is 0.790. The van der Waals surface area contributed by atoms with E-state index < -0.39 is 0 Å². The molecule has 0 amide bonds. The first-order chi connectivity index (χ1) is 7.65. The average molecular weight is 227 g/mol. The lowest BCUT2D eigenvalue weighted by atomic mass is 9.84. The molecule has 2 aliphatic heterocycles. The molecule has 3 unspecified atom stereocenters. The van der Waals surface area contributed by atoms with E-state index in [1.54, 1.807) is 0 Å². The van der Waals surface area contributed by atoms with E-state index in [4.69, 9.17) is 4.74 Å². The maximum Gasteiger partial charge on any atom is 0.0557 e. The van der Waals surface area contributed by atoms with Crippen molar-refractivity contribution in [3.8, 4) is 0 Å². The van der Waals surface area contributed by atoms with Crippen molar-refractivity contribution in [2.24, 2.45) is 17.3 Å². The standard InChI is InChI=1S/C13H25NO2/c1-11-3-5-14(7-12(11)2)8-13(9-15)4-6-16-10-13/h11-12,15H,3-10H2,1-2H3. The van der Waals surface area contributed by atoms with Gasteiger partial charge in [0.25, 0.3) is 0 Å². The zero-order valence-corrected chi connectivity index (χ0v) is 10.6. The highest BCUT2D eigenvalue weighted by Crippen LogP contribution is 2.31. The molecular formula is C13H25NO2. The molecule has 0 aromatic rings. The van der Waals surface area contributed by atoms with Crippen LogP contribution in [0.1, 0.15) is 26.7 Å². The summed E-state index contributed by atoms with van der Waals surface area (Å²) >= 11 is 0. The molecule has 0 radical (unpaired) electrons. The van der Waals surface area contributed by atoms with Gasteiger partial charge in [0.15, 0.2) is 0 Å². The Labute approximate surface area is 98.8 Å². The van der Waals surface area contributed by atoms with Crippen LogP contribution >= 0.6 is 0 Å². The molecule has 94 valence electrons. The van der Waals surface area contributed by atoms with Gasteiger partial charge < -0.3 is 14.7 Å². The van der Waals surface area contributed by atoms with Gasteiger partial charge in [-0.1, -0.05) is 13.8 Å². The fourth-order valence-corrected chi connectivity index (χ4v) is 2.92. The highest BCUT2D eigenvalue weighted by atomic mass is 16.5. The van der Waals surface area contributed by atoms with Crippen LogP contribution in [0.15, 0.2) is 0 Å². The van der Waals surface area contributed by atoms with Crippen molar-refractivity contribution in [2.45, 2.75) is 26.7 Å². The van der Waals surface area contributed by atoms with Gasteiger partial charge in [0.1, 0.15) is 0 Å². The van der Waals surface area contributed by atoms with E-state index in [1.807, 2.05) is 0 Å². The lowest BCUT2D eigenvalue weighted by Gasteiger charge is -2.39. The van der Waals surface area contributed by atoms with Crippen LogP contribution in [0.3, 0.4) is 0 Å². The number of ether oxygens (including phenoxy) is 1. The monoisotopic (exact) mass is 227 g/mol. The van der Waals surface area contributed by atoms with Crippen LogP contribution in [0.5, 0.6) is 0 Å². The molecule has 2 saturated heterocycles. The Hall–Kier alpha value is -0.120. The summed E-state index contributed by atoms with van der Waals surface area (Å²) in [5.41, 5.74) is 0.0281. The summed E-state index contributed by atoms with van der Waals surface area (Å²) in [5, 5.41) is 9.56. The number of aliphatic hydroxyl groups is 1. The molecule has 0 aliphatic carbocycles. The highest BCUT2D eigenvalue weighted by molar-refractivity contribution is 4.88. The van der Waals surface area contributed by atoms with Crippen LogP contribution in [0.4, 0.5) is 0 Å². The lowest BCUT2D eigenvalue weighted by Crippen LogP contribution is -2.46. The summed E-state index contributed by atoms with van der Waals surface area (Å²) in [6, 6.07) is 0. The Kier molecular flexibility index (Phi) is 3.88. The second-order valence-electron chi connectivity index (χ2n) is 5.94. The van der Waals surface area contributed by atoms with Crippen molar-refractivity contribution in [3.63, 3.8) is 0 Å². The van der Waals surface area contributed by atoms with Gasteiger partial charge in [-0.25, -0.2) is 0 Å². The largest absolute Gasteiger partial charge is 0.396 e. The molecule has 3 heteroatoms. The minimum atomic E-state index is 0.0281. The first kappa shape index (κ1) is 12.3. The van der Waals surface area contributed by atoms with Crippen LogP contribution in [0, 0.1) is 17.3 Å². The fourth-order valence-electron chi connectivity index (χ4n) is 2.92. The number of aliphatic hydroxyl groups excluding tert-OH is 1. The first-order valence-electron chi connectivity index (χ1n) is 6.56. The van der Waals surface area contributed by atoms with E-state index in [0.717, 1.165) is 38.0 Å². The third-order valence-corrected chi connectivity index (χ3v) is 4.50. The third kappa shape index (κ3) is 2.58. The first-order valence-corrected chi connectivity index (χ1v) is 6.56. The van der Waals surface area contributed by atoms with Gasteiger partial charge in [0, 0.05) is 25.1 Å². The van der Waals surface area contributed by atoms with E-state index in [9.17, 15) is 5.11 Å². The van der Waals surface area contributed by atoms with Crippen molar-refractivity contribution < 1.29 is 9.84 Å². The maximum atomic E-state index is 9.56. The second kappa shape index (κ2) is 5.03. The predicted molar refractivity (Wildman–Crippen MR) is 64.3 cm³/mol. The number of hydrogen-bond acceptors (Lipinski definition) is 3. The molecule has 2 fully saturated rings. The molecule has 3 atom stereocenters. The summed E-state index contributed by atoms with van der Waals surface area (Å²) in [6.45, 7) is 9.91. The van der Waals surface area contributed by atoms with Crippen LogP contribution < -0.4 is 0 Å². The van der Waals surface area contributed by atoms with E-state index >= 15 is 0 Å². The number of piperidine rings is 1. The van der Waals surface area contributed by atoms with Crippen molar-refractivity contribution in [2.75, 3.05) is 39.5 Å². The second-order valence-corrected chi connectivity index (χ2v) is 5.94. The smallest absolute Gasteiger partial charge is 0.0557 e. The molecular weight excluding hydrogens is 202 g/mol. The summed E-state index contributed by atoms with van der Waals surface area (Å²) < 4.78 is 5.45. The molecule has 2 heterocycles. The van der Waals surface area contributed by atoms with Crippen molar-refractivity contribution in [1.29, 1.82) is 0 Å². The predicted octanol–water partition coefficient (Wildman–Crippen LogP) is 1.36. The van der Waals surface area contributed by atoms with E-state index in [2.05, 4.69) is 18.7 Å². The molecule has 1 N–H and O–H groups in total. The van der Waals surface area contributed by atoms with Crippen LogP contribution in [0.25, 0.3) is 0 Å². The number of likely N-dealkylation sites (tertiary alicyclic amines) is 1. The minimum Gasteiger partial charge on any atom is -0.396 e. The van der Waals surface area contributed by atoms with E-state index in [0.29, 0.717) is 0 Å².